The molecular formula is C64H120O15. The Labute approximate surface area is 480 Å². The molecule has 2 aromatic rings. The molecule has 2 aromatic carbocycles. The fraction of sp³-hybridized carbons (Fsp3) is 0.812. The van der Waals surface area contributed by atoms with Gasteiger partial charge in [0.15, 0.2) is 0 Å². The van der Waals surface area contributed by atoms with Crippen LogP contribution in [-0.2, 0) is 30.1 Å². The molecule has 0 bridgehead atoms. The third-order valence-corrected chi connectivity index (χ3v) is 13.8. The molecule has 1 unspecified atom stereocenters. The summed E-state index contributed by atoms with van der Waals surface area (Å²) >= 11 is 0. The van der Waals surface area contributed by atoms with E-state index >= 15 is 0 Å². The summed E-state index contributed by atoms with van der Waals surface area (Å²) in [6.45, 7) is 14.8. The Morgan fingerprint density at radius 1 is 0.392 bits per heavy atom. The second-order valence-corrected chi connectivity index (χ2v) is 21.9. The van der Waals surface area contributed by atoms with E-state index in [2.05, 4.69) is 76.2 Å². The van der Waals surface area contributed by atoms with Gasteiger partial charge in [-0.15, -0.1) is 0 Å². The second-order valence-electron chi connectivity index (χ2n) is 21.9. The number of ether oxygens (including phenoxy) is 5. The third kappa shape index (κ3) is 52.4. The highest BCUT2D eigenvalue weighted by atomic mass is 16.5. The Morgan fingerprint density at radius 2 is 0.759 bits per heavy atom. The minimum atomic E-state index is -0.142. The lowest BCUT2D eigenvalue weighted by atomic mass is 9.86. The van der Waals surface area contributed by atoms with Crippen LogP contribution in [0, 0.1) is 41.4 Å². The van der Waals surface area contributed by atoms with Crippen LogP contribution in [0.1, 0.15) is 167 Å². The molecule has 1 fully saturated rings. The van der Waals surface area contributed by atoms with E-state index in [1.54, 1.807) is 0 Å². The molecule has 3 rings (SSSR count). The Hall–Kier alpha value is -2.16. The minimum absolute atomic E-state index is 0.00382. The van der Waals surface area contributed by atoms with Crippen molar-refractivity contribution >= 4 is 0 Å². The smallest absolute Gasteiger partial charge is 0.0538 e. The van der Waals surface area contributed by atoms with E-state index in [0.29, 0.717) is 52.2 Å². The summed E-state index contributed by atoms with van der Waals surface area (Å²) in [5.74, 6) is 1.70. The van der Waals surface area contributed by atoms with Gasteiger partial charge < -0.3 is 74.7 Å². The molecule has 79 heavy (non-hydrogen) atoms. The molecule has 466 valence electrons. The molecule has 10 N–H and O–H groups in total. The van der Waals surface area contributed by atoms with Crippen LogP contribution in [0.15, 0.2) is 60.7 Å². The van der Waals surface area contributed by atoms with E-state index in [4.69, 9.17) is 74.7 Å². The highest BCUT2D eigenvalue weighted by Crippen LogP contribution is 2.27. The van der Waals surface area contributed by atoms with Crippen LogP contribution in [0.3, 0.4) is 0 Å². The van der Waals surface area contributed by atoms with Gasteiger partial charge in [-0.1, -0.05) is 165 Å². The van der Waals surface area contributed by atoms with Crippen LogP contribution in [0.25, 0.3) is 0 Å². The van der Waals surface area contributed by atoms with Crippen LogP contribution < -0.4 is 0 Å². The van der Waals surface area contributed by atoms with Crippen LogP contribution >= 0.6 is 0 Å². The van der Waals surface area contributed by atoms with Crippen molar-refractivity contribution in [3.63, 3.8) is 0 Å². The van der Waals surface area contributed by atoms with Crippen molar-refractivity contribution < 1.29 is 74.7 Å². The SMILES string of the molecule is CC(C)CCCCCOCC(CO)CO.CC(CCCOCC(CO)CO)c1ccccc1.CCCCCOCC(CO)CO.OCC(CO)COCCCCC1CCCCC1.OCC(CO)COCCCCc1ccccc1. The zero-order valence-corrected chi connectivity index (χ0v) is 50.2. The highest BCUT2D eigenvalue weighted by Gasteiger charge is 2.13. The van der Waals surface area contributed by atoms with E-state index < -0.39 is 0 Å². The number of rotatable bonds is 45. The zero-order chi connectivity index (χ0) is 58.7. The predicted molar refractivity (Wildman–Crippen MR) is 319 cm³/mol. The first kappa shape index (κ1) is 78.9. The molecule has 0 aromatic heterocycles. The van der Waals surface area contributed by atoms with Crippen LogP contribution in [0.5, 0.6) is 0 Å². The van der Waals surface area contributed by atoms with Gasteiger partial charge in [-0.2, -0.15) is 0 Å². The standard InChI is InChI=1S/C15H24O3.C14H28O3.C14H22O3.C12H26O3.C9H20O3/c1-13(15-7-3-2-4-8-15)6-5-9-18-12-14(10-16)11-17;2*15-10-14(11-16)12-17-9-5-4-8-13-6-2-1-3-7-13;1-11(2)6-4-3-5-7-15-10-12(8-13)9-14;1-2-3-4-5-12-8-9(6-10)7-11/h2-4,7-8,13-14,16-17H,5-6,9-12H2,1H3;13-16H,1-12H2;1-3,6-7,14-16H,4-5,8-12H2;11-14H,3-10H2,1-2H3;9-11H,2-8H2,1H3. The molecule has 1 aliphatic rings. The number of aliphatic hydroxyl groups is 10. The van der Waals surface area contributed by atoms with E-state index in [1.165, 1.54) is 88.2 Å². The second kappa shape index (κ2) is 61.9. The maximum atomic E-state index is 8.88. The van der Waals surface area contributed by atoms with Gasteiger partial charge in [0.1, 0.15) is 0 Å². The van der Waals surface area contributed by atoms with Gasteiger partial charge in [-0.3, -0.25) is 0 Å². The minimum Gasteiger partial charge on any atom is -0.396 e. The summed E-state index contributed by atoms with van der Waals surface area (Å²) in [6.07, 6.45) is 24.4. The van der Waals surface area contributed by atoms with Gasteiger partial charge in [0.2, 0.25) is 0 Å². The Kier molecular flexibility index (Phi) is 61.8. The first-order valence-corrected chi connectivity index (χ1v) is 30.6. The van der Waals surface area contributed by atoms with Crippen molar-refractivity contribution in [2.24, 2.45) is 41.4 Å². The van der Waals surface area contributed by atoms with Crippen LogP contribution in [0.2, 0.25) is 0 Å². The summed E-state index contributed by atoms with van der Waals surface area (Å²) in [5.41, 5.74) is 2.72. The molecule has 1 atom stereocenters. The van der Waals surface area contributed by atoms with Crippen molar-refractivity contribution in [2.75, 3.05) is 132 Å². The molecule has 0 aliphatic heterocycles. The summed E-state index contributed by atoms with van der Waals surface area (Å²) in [6, 6.07) is 20.9. The van der Waals surface area contributed by atoms with E-state index in [0.717, 1.165) is 83.0 Å². The van der Waals surface area contributed by atoms with Crippen LogP contribution in [-0.4, -0.2) is 183 Å². The first-order chi connectivity index (χ1) is 38.5. The Morgan fingerprint density at radius 3 is 1.15 bits per heavy atom. The highest BCUT2D eigenvalue weighted by molar-refractivity contribution is 5.18. The van der Waals surface area contributed by atoms with Gasteiger partial charge in [0.25, 0.3) is 0 Å². The number of aryl methyl sites for hydroxylation is 1. The quantitative estimate of drug-likeness (QED) is 0.0279. The lowest BCUT2D eigenvalue weighted by molar-refractivity contribution is 0.0429. The Bertz CT molecular complexity index is 1400. The van der Waals surface area contributed by atoms with Gasteiger partial charge in [-0.05, 0) is 80.2 Å². The van der Waals surface area contributed by atoms with Crippen molar-refractivity contribution in [1.29, 1.82) is 0 Å². The van der Waals surface area contributed by atoms with Gasteiger partial charge in [-0.25, -0.2) is 0 Å². The molecule has 0 heterocycles. The topological polar surface area (TPSA) is 248 Å². The average Bonchev–Trinajstić information content (AvgIpc) is 3.48. The number of aliphatic hydroxyl groups excluding tert-OH is 10. The van der Waals surface area contributed by atoms with Crippen LogP contribution in [0.4, 0.5) is 0 Å². The Balaban J connectivity index is 0. The van der Waals surface area contributed by atoms with E-state index in [1.807, 2.05) is 12.1 Å². The summed E-state index contributed by atoms with van der Waals surface area (Å²) < 4.78 is 26.9. The van der Waals surface area contributed by atoms with Crippen molar-refractivity contribution in [3.05, 3.63) is 71.8 Å². The van der Waals surface area contributed by atoms with Gasteiger partial charge in [0, 0.05) is 62.6 Å². The molecule has 0 amide bonds. The zero-order valence-electron chi connectivity index (χ0n) is 50.2. The van der Waals surface area contributed by atoms with E-state index in [9.17, 15) is 0 Å². The van der Waals surface area contributed by atoms with Gasteiger partial charge in [0.05, 0.1) is 99.1 Å². The summed E-state index contributed by atoms with van der Waals surface area (Å²) in [7, 11) is 0. The summed E-state index contributed by atoms with van der Waals surface area (Å²) in [5, 5.41) is 88.1. The maximum absolute atomic E-state index is 8.88. The molecule has 0 saturated heterocycles. The largest absolute Gasteiger partial charge is 0.396 e. The molecule has 0 spiro atoms. The molecule has 1 aliphatic carbocycles. The van der Waals surface area contributed by atoms with Crippen molar-refractivity contribution in [3.8, 4) is 0 Å². The molecule has 0 radical (unpaired) electrons. The number of unbranched alkanes of at least 4 members (excludes halogenated alkanes) is 6. The molecule has 15 nitrogen and oxygen atoms in total. The van der Waals surface area contributed by atoms with Crippen molar-refractivity contribution in [1.82, 2.24) is 0 Å². The molecular weight excluding hydrogens is 1010 g/mol. The summed E-state index contributed by atoms with van der Waals surface area (Å²) in [4.78, 5) is 0. The van der Waals surface area contributed by atoms with E-state index in [-0.39, 0.29) is 95.7 Å². The maximum Gasteiger partial charge on any atom is 0.0538 e. The number of hydrogen-bond acceptors (Lipinski definition) is 15. The predicted octanol–water partition coefficient (Wildman–Crippen LogP) is 8.78. The number of hydrogen-bond donors (Lipinski definition) is 10. The monoisotopic (exact) mass is 1130 g/mol. The third-order valence-electron chi connectivity index (χ3n) is 13.8. The lowest BCUT2D eigenvalue weighted by Gasteiger charge is -2.21. The lowest BCUT2D eigenvalue weighted by Crippen LogP contribution is -2.18. The average molecular weight is 1130 g/mol. The molecule has 1 saturated carbocycles. The molecule has 15 heteroatoms. The number of benzene rings is 2. The fourth-order valence-corrected chi connectivity index (χ4v) is 8.18. The normalized spacial score (nSPS) is 13.0. The first-order valence-electron chi connectivity index (χ1n) is 30.6. The van der Waals surface area contributed by atoms with Crippen molar-refractivity contribution in [2.45, 2.75) is 162 Å². The van der Waals surface area contributed by atoms with Gasteiger partial charge >= 0.3 is 0 Å². The fourth-order valence-electron chi connectivity index (χ4n) is 8.18.